The Morgan fingerprint density at radius 3 is 2.85 bits per heavy atom. The van der Waals surface area contributed by atoms with Crippen LogP contribution in [0.3, 0.4) is 0 Å². The van der Waals surface area contributed by atoms with Crippen molar-refractivity contribution in [1.29, 1.82) is 0 Å². The third-order valence-corrected chi connectivity index (χ3v) is 5.00. The molecular formula is C20H16N4O3. The molecule has 3 heterocycles. The minimum absolute atomic E-state index is 0.139. The van der Waals surface area contributed by atoms with Gasteiger partial charge in [0.25, 0.3) is 5.56 Å². The zero-order valence-corrected chi connectivity index (χ0v) is 14.5. The van der Waals surface area contributed by atoms with Crippen LogP contribution in [0.5, 0.6) is 5.75 Å². The number of anilines is 1. The average molecular weight is 360 g/mol. The van der Waals surface area contributed by atoms with Crippen LogP contribution in [-0.2, 0) is 4.79 Å². The van der Waals surface area contributed by atoms with E-state index in [0.29, 0.717) is 22.9 Å². The fourth-order valence-corrected chi connectivity index (χ4v) is 3.79. The van der Waals surface area contributed by atoms with Gasteiger partial charge >= 0.3 is 0 Å². The van der Waals surface area contributed by atoms with E-state index >= 15 is 0 Å². The van der Waals surface area contributed by atoms with Gasteiger partial charge in [-0.3, -0.25) is 19.0 Å². The van der Waals surface area contributed by atoms with Gasteiger partial charge in [-0.15, -0.1) is 0 Å². The molecule has 0 saturated carbocycles. The Bertz CT molecular complexity index is 1270. The fourth-order valence-electron chi connectivity index (χ4n) is 3.79. The normalized spacial score (nSPS) is 16.3. The Morgan fingerprint density at radius 1 is 1.15 bits per heavy atom. The summed E-state index contributed by atoms with van der Waals surface area (Å²) in [4.78, 5) is 32.7. The number of nitrogens with one attached hydrogen (secondary N) is 2. The van der Waals surface area contributed by atoms with Crippen LogP contribution < -0.4 is 15.6 Å². The molecule has 7 heteroatoms. The van der Waals surface area contributed by atoms with Crippen LogP contribution >= 0.6 is 0 Å². The number of ether oxygens (including phenoxy) is 1. The molecule has 0 bridgehead atoms. The van der Waals surface area contributed by atoms with Crippen molar-refractivity contribution in [3.8, 4) is 5.75 Å². The molecule has 0 unspecified atom stereocenters. The number of H-pyrrole nitrogens is 1. The van der Waals surface area contributed by atoms with Crippen molar-refractivity contribution in [3.63, 3.8) is 0 Å². The lowest BCUT2D eigenvalue weighted by molar-refractivity contribution is -0.116. The zero-order chi connectivity index (χ0) is 18.5. The maximum atomic E-state index is 12.9. The number of aromatic amines is 1. The number of imidazole rings is 1. The number of hydrogen-bond donors (Lipinski definition) is 2. The number of para-hydroxylation sites is 2. The smallest absolute Gasteiger partial charge is 0.258 e. The molecule has 1 aliphatic heterocycles. The van der Waals surface area contributed by atoms with Crippen LogP contribution in [0, 0.1) is 0 Å². The third kappa shape index (κ3) is 2.32. The van der Waals surface area contributed by atoms with Gasteiger partial charge in [0.15, 0.2) is 0 Å². The molecule has 0 spiro atoms. The molecule has 2 aromatic heterocycles. The summed E-state index contributed by atoms with van der Waals surface area (Å²) in [6, 6.07) is 15.0. The number of carbonyl (C=O) groups excluding carboxylic acids is 1. The second-order valence-electron chi connectivity index (χ2n) is 6.56. The first-order valence-electron chi connectivity index (χ1n) is 8.63. The molecule has 5 rings (SSSR count). The van der Waals surface area contributed by atoms with Gasteiger partial charge in [0.1, 0.15) is 11.6 Å². The van der Waals surface area contributed by atoms with E-state index in [-0.39, 0.29) is 23.8 Å². The zero-order valence-electron chi connectivity index (χ0n) is 14.5. The van der Waals surface area contributed by atoms with Crippen molar-refractivity contribution in [2.75, 3.05) is 12.4 Å². The molecule has 7 nitrogen and oxygen atoms in total. The maximum Gasteiger partial charge on any atom is 0.258 e. The molecule has 27 heavy (non-hydrogen) atoms. The second kappa shape index (κ2) is 5.70. The molecule has 4 aromatic rings. The van der Waals surface area contributed by atoms with E-state index in [1.165, 1.54) is 0 Å². The van der Waals surface area contributed by atoms with Gasteiger partial charge < -0.3 is 10.1 Å². The molecule has 0 aliphatic carbocycles. The van der Waals surface area contributed by atoms with Crippen LogP contribution in [0.25, 0.3) is 16.8 Å². The fraction of sp³-hybridized carbons (Fsp3) is 0.150. The van der Waals surface area contributed by atoms with Gasteiger partial charge in [0.05, 0.1) is 23.7 Å². The van der Waals surface area contributed by atoms with E-state index in [1.807, 2.05) is 48.5 Å². The number of hydrogen-bond acceptors (Lipinski definition) is 4. The molecule has 1 amide bonds. The van der Waals surface area contributed by atoms with Crippen LogP contribution in [0.1, 0.15) is 23.5 Å². The predicted octanol–water partition coefficient (Wildman–Crippen LogP) is 2.66. The molecule has 0 saturated heterocycles. The monoisotopic (exact) mass is 360 g/mol. The van der Waals surface area contributed by atoms with E-state index in [2.05, 4.69) is 15.3 Å². The van der Waals surface area contributed by atoms with E-state index in [9.17, 15) is 9.59 Å². The first-order valence-corrected chi connectivity index (χ1v) is 8.63. The number of nitrogens with zero attached hydrogens (tertiary/aromatic N) is 2. The molecular weight excluding hydrogens is 344 g/mol. The van der Waals surface area contributed by atoms with Crippen LogP contribution in [0.15, 0.2) is 53.3 Å². The van der Waals surface area contributed by atoms with Gasteiger partial charge in [-0.05, 0) is 29.8 Å². The Morgan fingerprint density at radius 2 is 2.00 bits per heavy atom. The summed E-state index contributed by atoms with van der Waals surface area (Å²) < 4.78 is 7.11. The lowest BCUT2D eigenvalue weighted by Gasteiger charge is -2.26. The summed E-state index contributed by atoms with van der Waals surface area (Å²) in [5, 5.41) is 2.88. The highest BCUT2D eigenvalue weighted by atomic mass is 16.5. The van der Waals surface area contributed by atoms with E-state index in [1.54, 1.807) is 11.5 Å². The van der Waals surface area contributed by atoms with Crippen LogP contribution in [-0.4, -0.2) is 27.4 Å². The van der Waals surface area contributed by atoms with Gasteiger partial charge in [0, 0.05) is 12.3 Å². The quantitative estimate of drug-likeness (QED) is 0.575. The molecule has 2 N–H and O–H groups in total. The van der Waals surface area contributed by atoms with E-state index in [4.69, 9.17) is 4.74 Å². The maximum absolute atomic E-state index is 12.9. The van der Waals surface area contributed by atoms with Crippen LogP contribution in [0.2, 0.25) is 0 Å². The Hall–Kier alpha value is -3.61. The summed E-state index contributed by atoms with van der Waals surface area (Å²) >= 11 is 0. The van der Waals surface area contributed by atoms with Crippen molar-refractivity contribution < 1.29 is 9.53 Å². The first kappa shape index (κ1) is 15.6. The highest BCUT2D eigenvalue weighted by Gasteiger charge is 2.32. The number of fused-ring (bicyclic) bond motifs is 5. The number of carbonyl (C=O) groups is 1. The summed E-state index contributed by atoms with van der Waals surface area (Å²) in [6.07, 6.45) is 0.196. The van der Waals surface area contributed by atoms with Gasteiger partial charge in [0.2, 0.25) is 11.7 Å². The average Bonchev–Trinajstić information content (AvgIpc) is 3.05. The van der Waals surface area contributed by atoms with Gasteiger partial charge in [-0.2, -0.15) is 0 Å². The molecule has 2 aromatic carbocycles. The van der Waals surface area contributed by atoms with Crippen molar-refractivity contribution >= 4 is 28.5 Å². The lowest BCUT2D eigenvalue weighted by Crippen LogP contribution is -2.32. The SMILES string of the molecule is COc1cccc([C@@H]2CC(=O)Nc3c2c(=O)[nH]c2nc4ccccc4n32)c1. The summed E-state index contributed by atoms with van der Waals surface area (Å²) in [7, 11) is 1.59. The Balaban J connectivity index is 1.84. The largest absolute Gasteiger partial charge is 0.497 e. The van der Waals surface area contributed by atoms with E-state index in [0.717, 1.165) is 16.6 Å². The van der Waals surface area contributed by atoms with Crippen molar-refractivity contribution in [3.05, 3.63) is 70.0 Å². The number of aromatic nitrogens is 3. The number of benzene rings is 2. The van der Waals surface area contributed by atoms with Crippen molar-refractivity contribution in [1.82, 2.24) is 14.4 Å². The standard InChI is InChI=1S/C20H16N4O3/c1-27-12-6-4-5-11(9-12)13-10-16(25)22-18-17(13)19(26)23-20-21-14-7-2-3-8-15(14)24(18)20/h2-9,13H,10H2,1H3,(H,22,25)(H,21,23,26)/t13-/m0/s1. The molecule has 1 atom stereocenters. The Kier molecular flexibility index (Phi) is 3.30. The molecule has 134 valence electrons. The number of amides is 1. The van der Waals surface area contributed by atoms with Gasteiger partial charge in [-0.1, -0.05) is 24.3 Å². The third-order valence-electron chi connectivity index (χ3n) is 5.00. The number of rotatable bonds is 2. The molecule has 0 fully saturated rings. The Labute approximate surface area is 153 Å². The molecule has 0 radical (unpaired) electrons. The lowest BCUT2D eigenvalue weighted by atomic mass is 9.86. The van der Waals surface area contributed by atoms with Crippen molar-refractivity contribution in [2.24, 2.45) is 0 Å². The topological polar surface area (TPSA) is 88.5 Å². The summed E-state index contributed by atoms with van der Waals surface area (Å²) in [5.74, 6) is 1.07. The van der Waals surface area contributed by atoms with Crippen LogP contribution in [0.4, 0.5) is 5.82 Å². The second-order valence-corrected chi connectivity index (χ2v) is 6.56. The molecule has 1 aliphatic rings. The highest BCUT2D eigenvalue weighted by molar-refractivity contribution is 5.96. The predicted molar refractivity (Wildman–Crippen MR) is 101 cm³/mol. The summed E-state index contributed by atoms with van der Waals surface area (Å²) in [6.45, 7) is 0. The van der Waals surface area contributed by atoms with Gasteiger partial charge in [-0.25, -0.2) is 4.98 Å². The summed E-state index contributed by atoms with van der Waals surface area (Å²) in [5.41, 5.74) is 2.71. The highest BCUT2D eigenvalue weighted by Crippen LogP contribution is 2.37. The first-order chi connectivity index (χ1) is 13.2. The minimum Gasteiger partial charge on any atom is -0.497 e. The number of methoxy groups -OCH3 is 1. The van der Waals surface area contributed by atoms with E-state index < -0.39 is 0 Å². The van der Waals surface area contributed by atoms with Crippen molar-refractivity contribution in [2.45, 2.75) is 12.3 Å². The minimum atomic E-state index is -0.363.